The predicted molar refractivity (Wildman–Crippen MR) is 336 cm³/mol. The molecule has 21 nitrogen and oxygen atoms in total. The number of ketones is 1. The number of hydrogen-bond donors (Lipinski definition) is 14. The molecule has 16 N–H and O–H groups in total. The van der Waals surface area contributed by atoms with Crippen molar-refractivity contribution in [3.63, 3.8) is 0 Å². The molecule has 0 aromatic heterocycles. The minimum absolute atomic E-state index is 0.0213. The largest absolute Gasteiger partial charge is 0.466 e. The maximum atomic E-state index is 13.1. The van der Waals surface area contributed by atoms with Gasteiger partial charge >= 0.3 is 16.4 Å². The molecule has 0 saturated heterocycles. The molecule has 0 bridgehead atoms. The summed E-state index contributed by atoms with van der Waals surface area (Å²) in [5.41, 5.74) is 11.0. The van der Waals surface area contributed by atoms with Crippen LogP contribution in [0.5, 0.6) is 0 Å². The number of allylic oxidation sites excluding steroid dienone is 16. The van der Waals surface area contributed by atoms with Crippen LogP contribution in [0, 0.1) is 17.8 Å². The number of rotatable bonds is 47. The van der Waals surface area contributed by atoms with Crippen LogP contribution in [0.1, 0.15) is 118 Å². The van der Waals surface area contributed by atoms with Crippen molar-refractivity contribution in [2.75, 3.05) is 13.7 Å². The van der Waals surface area contributed by atoms with Crippen molar-refractivity contribution < 1.29 is 87.7 Å². The van der Waals surface area contributed by atoms with Gasteiger partial charge in [-0.05, 0) is 71.1 Å². The van der Waals surface area contributed by atoms with Crippen molar-refractivity contribution in [2.45, 2.75) is 191 Å². The highest BCUT2D eigenvalue weighted by Crippen LogP contribution is 2.21. The van der Waals surface area contributed by atoms with Gasteiger partial charge in [-0.2, -0.15) is 8.42 Å². The van der Waals surface area contributed by atoms with Gasteiger partial charge < -0.3 is 72.4 Å². The molecular formula is C64H101N3O18S. The number of aliphatic hydroxyl groups is 11. The first-order chi connectivity index (χ1) is 40.6. The smallest absolute Gasteiger partial charge is 0.397 e. The number of nitrogens with two attached hydrogens (primary N) is 2. The number of nitrogens with zero attached hydrogens (tertiary/aromatic N) is 1. The number of unbranched alkanes of at least 4 members (excludes halogenated alkanes) is 1. The summed E-state index contributed by atoms with van der Waals surface area (Å²) in [7, 11) is -3.62. The zero-order valence-electron chi connectivity index (χ0n) is 50.5. The van der Waals surface area contributed by atoms with E-state index in [1.54, 1.807) is 105 Å². The number of esters is 1. The minimum Gasteiger partial charge on any atom is -0.466 e. The van der Waals surface area contributed by atoms with Gasteiger partial charge in [-0.15, -0.1) is 0 Å². The Morgan fingerprint density at radius 1 is 0.535 bits per heavy atom. The number of Topliss-reactive ketones (excluding diaryl/α,β-unsaturated/α-hetero) is 1. The first kappa shape index (κ1) is 80.5. The Morgan fingerprint density at radius 3 is 1.53 bits per heavy atom. The SMILES string of the molecule is COC(=O)/C(C)=C/C=C/C=C/CC/C=C/C(C)C(O)C(C)C(O)/C=C/C=C/C=C/C=C/C=C/C=C/CC(OS(=O)(=O)O)C(C)C(=O)CC(O)CC(O)/C=C/CC(O)CC(O)/C=C/CC(O)CC(O)CC(O)/C=C/CC(O)CC(O)CCCN=C(N)N. The number of hydrogen-bond acceptors (Lipinski definition) is 18. The summed E-state index contributed by atoms with van der Waals surface area (Å²) < 4.78 is 42.1. The van der Waals surface area contributed by atoms with Gasteiger partial charge in [0.2, 0.25) is 0 Å². The third-order valence-corrected chi connectivity index (χ3v) is 13.7. The lowest BCUT2D eigenvalue weighted by molar-refractivity contribution is -0.136. The van der Waals surface area contributed by atoms with Crippen LogP contribution in [0.4, 0.5) is 0 Å². The van der Waals surface area contributed by atoms with Crippen molar-refractivity contribution in [3.8, 4) is 0 Å². The van der Waals surface area contributed by atoms with E-state index in [1.165, 1.54) is 44.4 Å². The van der Waals surface area contributed by atoms with Crippen molar-refractivity contribution in [1.29, 1.82) is 0 Å². The zero-order valence-corrected chi connectivity index (χ0v) is 51.3. The summed E-state index contributed by atoms with van der Waals surface area (Å²) in [6.45, 7) is 7.11. The number of guanidine groups is 1. The van der Waals surface area contributed by atoms with E-state index in [4.69, 9.17) is 15.7 Å². The van der Waals surface area contributed by atoms with Crippen LogP contribution < -0.4 is 11.5 Å². The van der Waals surface area contributed by atoms with E-state index in [-0.39, 0.29) is 75.6 Å². The molecule has 0 aromatic carbocycles. The quantitative estimate of drug-likeness (QED) is 0.00547. The normalized spacial score (nSPS) is 18.8. The number of carbonyl (C=O) groups is 2. The van der Waals surface area contributed by atoms with Gasteiger partial charge in [0.05, 0.1) is 80.4 Å². The highest BCUT2D eigenvalue weighted by molar-refractivity contribution is 7.80. The molecule has 15 atom stereocenters. The second-order valence-corrected chi connectivity index (χ2v) is 22.3. The van der Waals surface area contributed by atoms with Gasteiger partial charge in [-0.25, -0.2) is 8.98 Å². The molecule has 22 heteroatoms. The van der Waals surface area contributed by atoms with Crippen LogP contribution in [-0.2, 0) is 28.9 Å². The lowest BCUT2D eigenvalue weighted by Crippen LogP contribution is -2.32. The molecule has 15 unspecified atom stereocenters. The Labute approximate surface area is 509 Å². The zero-order chi connectivity index (χ0) is 64.9. The Balaban J connectivity index is 4.79. The summed E-state index contributed by atoms with van der Waals surface area (Å²) in [4.78, 5) is 28.3. The molecule has 86 heavy (non-hydrogen) atoms. The molecule has 0 fully saturated rings. The first-order valence-electron chi connectivity index (χ1n) is 29.1. The predicted octanol–water partition coefficient (Wildman–Crippen LogP) is 5.15. The van der Waals surface area contributed by atoms with E-state index in [2.05, 4.69) is 9.73 Å². The molecule has 0 aliphatic heterocycles. The Bertz CT molecular complexity index is 2420. The lowest BCUT2D eigenvalue weighted by Gasteiger charge is -2.25. The van der Waals surface area contributed by atoms with Gasteiger partial charge in [-0.3, -0.25) is 14.3 Å². The molecule has 0 heterocycles. The molecule has 0 aromatic rings. The minimum atomic E-state index is -4.95. The van der Waals surface area contributed by atoms with E-state index in [0.717, 1.165) is 12.8 Å². The van der Waals surface area contributed by atoms with Crippen LogP contribution in [0.15, 0.2) is 162 Å². The van der Waals surface area contributed by atoms with E-state index in [0.29, 0.717) is 25.0 Å². The number of methoxy groups -OCH3 is 1. The van der Waals surface area contributed by atoms with Crippen LogP contribution >= 0.6 is 0 Å². The maximum Gasteiger partial charge on any atom is 0.397 e. The van der Waals surface area contributed by atoms with E-state index in [1.807, 2.05) is 37.3 Å². The van der Waals surface area contributed by atoms with Gasteiger partial charge in [0.1, 0.15) is 5.78 Å². The summed E-state index contributed by atoms with van der Waals surface area (Å²) in [5, 5.41) is 114. The van der Waals surface area contributed by atoms with Gasteiger partial charge in [0.25, 0.3) is 0 Å². The summed E-state index contributed by atoms with van der Waals surface area (Å²) in [5.74, 6) is -2.67. The molecule has 0 rings (SSSR count). The third kappa shape index (κ3) is 44.8. The van der Waals surface area contributed by atoms with Gasteiger partial charge in [0.15, 0.2) is 5.96 Å². The van der Waals surface area contributed by atoms with Crippen molar-refractivity contribution in [2.24, 2.45) is 34.2 Å². The summed E-state index contributed by atoms with van der Waals surface area (Å²) in [6.07, 6.45) is 31.6. The second-order valence-electron chi connectivity index (χ2n) is 21.2. The van der Waals surface area contributed by atoms with Gasteiger partial charge in [-0.1, -0.05) is 173 Å². The molecule has 0 radical (unpaired) electrons. The Kier molecular flexibility index (Phi) is 45.3. The second kappa shape index (κ2) is 48.5. The topological polar surface area (TPSA) is 394 Å². The maximum absolute atomic E-state index is 13.1. The summed E-state index contributed by atoms with van der Waals surface area (Å²) in [6, 6.07) is 0. The first-order valence-corrected chi connectivity index (χ1v) is 30.5. The summed E-state index contributed by atoms with van der Waals surface area (Å²) >= 11 is 0. The van der Waals surface area contributed by atoms with E-state index < -0.39 is 108 Å². The number of aliphatic hydroxyl groups excluding tert-OH is 11. The van der Waals surface area contributed by atoms with Crippen LogP contribution in [0.25, 0.3) is 0 Å². The highest BCUT2D eigenvalue weighted by Gasteiger charge is 2.30. The average Bonchev–Trinajstić information content (AvgIpc) is 3.56. The van der Waals surface area contributed by atoms with Crippen molar-refractivity contribution >= 4 is 28.1 Å². The third-order valence-electron chi connectivity index (χ3n) is 13.2. The number of aliphatic imine (C=N–C) groups is 1. The van der Waals surface area contributed by atoms with E-state index >= 15 is 0 Å². The van der Waals surface area contributed by atoms with Gasteiger partial charge in [0, 0.05) is 55.6 Å². The highest BCUT2D eigenvalue weighted by atomic mass is 32.3. The molecule has 486 valence electrons. The van der Waals surface area contributed by atoms with Crippen molar-refractivity contribution in [1.82, 2.24) is 0 Å². The molecule has 0 spiro atoms. The molecule has 0 aliphatic rings. The average molecular weight is 1230 g/mol. The van der Waals surface area contributed by atoms with Crippen LogP contribution in [-0.4, -0.2) is 174 Å². The Hall–Kier alpha value is -5.54. The Morgan fingerprint density at radius 2 is 1.00 bits per heavy atom. The monoisotopic (exact) mass is 1230 g/mol. The fraction of sp³-hybridized carbons (Fsp3) is 0.547. The number of carbonyl (C=O) groups excluding carboxylic acids is 2. The van der Waals surface area contributed by atoms with Crippen LogP contribution in [0.2, 0.25) is 0 Å². The van der Waals surface area contributed by atoms with Crippen LogP contribution in [0.3, 0.4) is 0 Å². The molecule has 0 amide bonds. The molecular weight excluding hydrogens is 1130 g/mol. The van der Waals surface area contributed by atoms with Crippen molar-refractivity contribution in [3.05, 3.63) is 157 Å². The standard InChI is InChI=1S/C64H101N3O18S/c1-46(28-20-16-12-11-13-17-21-29-47(2)63(80)84-5)62(79)49(4)59(77)37-22-18-14-9-7-6-8-10-15-19-23-38-61(85-86(81,82)83)48(3)60(78)45-58(76)44-55(73)35-26-31-51(69)40-50(68)30-24-33-53(71)42-57(75)43-54(72)34-25-32-52(70)41-56(74)36-27-39-67-64(65)66/h6-11,13-15,17-26,28-30,34-35,37,46,48-59,61-62,68-77,79H,12,16,27,31-33,36,38-45H2,1-5H3,(H4,65,66,67)(H,81,82,83)/b8-6+,9-7+,13-11+,15-10+,18-14+,21-17+,23-19+,28-20+,30-24+,34-25+,35-26+,37-22+,47-29+. The molecule has 0 aliphatic carbocycles. The van der Waals surface area contributed by atoms with E-state index in [9.17, 15) is 78.7 Å². The number of ether oxygens (including phenoxy) is 1. The fourth-order valence-corrected chi connectivity index (χ4v) is 8.79. The fourth-order valence-electron chi connectivity index (χ4n) is 8.23. The lowest BCUT2D eigenvalue weighted by atomic mass is 9.88. The molecule has 0 saturated carbocycles.